The number of pyridine rings is 1. The topological polar surface area (TPSA) is 39.2 Å². The van der Waals surface area contributed by atoms with Crippen molar-refractivity contribution in [3.63, 3.8) is 0 Å². The number of hydrogen-bond donors (Lipinski definition) is 0. The number of carbonyl (C=O) groups excluding carboxylic acids is 1. The monoisotopic (exact) mass is 353 g/mol. The normalized spacial score (nSPS) is 10.2. The van der Waals surface area contributed by atoms with Gasteiger partial charge in [0, 0.05) is 15.3 Å². The van der Waals surface area contributed by atoms with Crippen molar-refractivity contribution in [3.05, 3.63) is 51.4 Å². The van der Waals surface area contributed by atoms with Gasteiger partial charge < -0.3 is 4.74 Å². The third-order valence-electron chi connectivity index (χ3n) is 2.68. The molecule has 1 aromatic carbocycles. The molecule has 2 rings (SSSR count). The second-order valence-corrected chi connectivity index (χ2v) is 5.02. The molecule has 0 saturated heterocycles. The van der Waals surface area contributed by atoms with Crippen LogP contribution in [0.5, 0.6) is 0 Å². The molecule has 0 bridgehead atoms. The zero-order valence-electron chi connectivity index (χ0n) is 10.1. The number of aryl methyl sites for hydroxylation is 1. The Labute approximate surface area is 119 Å². The lowest BCUT2D eigenvalue weighted by Crippen LogP contribution is -2.06. The first-order chi connectivity index (χ1) is 8.63. The van der Waals surface area contributed by atoms with E-state index in [0.29, 0.717) is 5.69 Å². The van der Waals surface area contributed by atoms with Gasteiger partial charge in [-0.1, -0.05) is 24.3 Å². The Balaban J connectivity index is 2.47. The Morgan fingerprint density at radius 3 is 2.67 bits per heavy atom. The summed E-state index contributed by atoms with van der Waals surface area (Å²) in [6, 6.07) is 10.0. The molecule has 0 unspecified atom stereocenters. The van der Waals surface area contributed by atoms with Crippen LogP contribution in [0, 0.1) is 10.5 Å². The molecule has 0 radical (unpaired) electrons. The maximum atomic E-state index is 11.5. The van der Waals surface area contributed by atoms with Crippen molar-refractivity contribution in [3.8, 4) is 11.1 Å². The Bertz CT molecular complexity index is 596. The van der Waals surface area contributed by atoms with Gasteiger partial charge in [-0.25, -0.2) is 9.78 Å². The Morgan fingerprint density at radius 1 is 1.33 bits per heavy atom. The predicted octanol–water partition coefficient (Wildman–Crippen LogP) is 3.45. The molecule has 0 aliphatic heterocycles. The molecule has 92 valence electrons. The molecule has 0 N–H and O–H groups in total. The fourth-order valence-electron chi connectivity index (χ4n) is 1.73. The van der Waals surface area contributed by atoms with Gasteiger partial charge >= 0.3 is 5.97 Å². The smallest absolute Gasteiger partial charge is 0.357 e. The van der Waals surface area contributed by atoms with Crippen molar-refractivity contribution >= 4 is 28.6 Å². The lowest BCUT2D eigenvalue weighted by atomic mass is 10.0. The molecule has 0 saturated carbocycles. The number of methoxy groups -OCH3 is 1. The Kier molecular flexibility index (Phi) is 3.96. The summed E-state index contributed by atoms with van der Waals surface area (Å²) in [4.78, 5) is 15.6. The Morgan fingerprint density at radius 2 is 2.06 bits per heavy atom. The molecule has 0 aliphatic rings. The number of benzene rings is 1. The van der Waals surface area contributed by atoms with Crippen LogP contribution in [0.2, 0.25) is 0 Å². The van der Waals surface area contributed by atoms with E-state index in [1.54, 1.807) is 6.20 Å². The summed E-state index contributed by atoms with van der Waals surface area (Å²) in [5.41, 5.74) is 3.67. The summed E-state index contributed by atoms with van der Waals surface area (Å²) in [5, 5.41) is 0. The second kappa shape index (κ2) is 5.48. The first-order valence-corrected chi connectivity index (χ1v) is 6.51. The standard InChI is InChI=1S/C14H12INO2/c1-9-5-3-4-6-11(9)10-7-12(15)13(16-8-10)14(17)18-2/h3-8H,1-2H3. The molecule has 0 fully saturated rings. The van der Waals surface area contributed by atoms with Gasteiger partial charge in [-0.15, -0.1) is 0 Å². The van der Waals surface area contributed by atoms with Crippen molar-refractivity contribution in [1.29, 1.82) is 0 Å². The lowest BCUT2D eigenvalue weighted by Gasteiger charge is -2.07. The van der Waals surface area contributed by atoms with E-state index in [0.717, 1.165) is 14.7 Å². The molecule has 3 nitrogen and oxygen atoms in total. The number of rotatable bonds is 2. The molecule has 1 aromatic heterocycles. The molecule has 0 amide bonds. The van der Waals surface area contributed by atoms with Gasteiger partial charge in [0.15, 0.2) is 5.69 Å². The van der Waals surface area contributed by atoms with Crippen molar-refractivity contribution in [1.82, 2.24) is 4.98 Å². The van der Waals surface area contributed by atoms with Gasteiger partial charge in [-0.3, -0.25) is 0 Å². The minimum absolute atomic E-state index is 0.357. The van der Waals surface area contributed by atoms with Crippen LogP contribution in [0.3, 0.4) is 0 Å². The molecule has 4 heteroatoms. The molecule has 1 heterocycles. The van der Waals surface area contributed by atoms with E-state index in [2.05, 4.69) is 45.3 Å². The van der Waals surface area contributed by atoms with Crippen LogP contribution >= 0.6 is 22.6 Å². The first kappa shape index (κ1) is 13.0. The van der Waals surface area contributed by atoms with Crippen LogP contribution in [-0.2, 0) is 4.74 Å². The highest BCUT2D eigenvalue weighted by atomic mass is 127. The molecule has 0 aliphatic carbocycles. The maximum absolute atomic E-state index is 11.5. The number of carbonyl (C=O) groups is 1. The van der Waals surface area contributed by atoms with E-state index in [9.17, 15) is 4.79 Å². The number of aromatic nitrogens is 1. The van der Waals surface area contributed by atoms with Gasteiger partial charge in [0.1, 0.15) is 0 Å². The van der Waals surface area contributed by atoms with Gasteiger partial charge in [0.25, 0.3) is 0 Å². The summed E-state index contributed by atoms with van der Waals surface area (Å²) in [5.74, 6) is -0.407. The minimum atomic E-state index is -0.407. The van der Waals surface area contributed by atoms with Gasteiger partial charge in [0.2, 0.25) is 0 Å². The van der Waals surface area contributed by atoms with E-state index in [1.807, 2.05) is 24.3 Å². The number of esters is 1. The molecule has 0 atom stereocenters. The van der Waals surface area contributed by atoms with Gasteiger partial charge in [0.05, 0.1) is 7.11 Å². The quantitative estimate of drug-likeness (QED) is 0.613. The first-order valence-electron chi connectivity index (χ1n) is 5.43. The van der Waals surface area contributed by atoms with Crippen LogP contribution in [0.4, 0.5) is 0 Å². The molecule has 18 heavy (non-hydrogen) atoms. The number of hydrogen-bond acceptors (Lipinski definition) is 3. The molecular formula is C14H12INO2. The second-order valence-electron chi connectivity index (χ2n) is 3.86. The molecule has 0 spiro atoms. The van der Waals surface area contributed by atoms with Crippen molar-refractivity contribution in [2.24, 2.45) is 0 Å². The van der Waals surface area contributed by atoms with Crippen LogP contribution in [0.15, 0.2) is 36.5 Å². The maximum Gasteiger partial charge on any atom is 0.357 e. The third-order valence-corrected chi connectivity index (χ3v) is 3.50. The van der Waals surface area contributed by atoms with E-state index in [4.69, 9.17) is 0 Å². The van der Waals surface area contributed by atoms with Crippen molar-refractivity contribution < 1.29 is 9.53 Å². The summed E-state index contributed by atoms with van der Waals surface area (Å²) in [6.45, 7) is 2.05. The SMILES string of the molecule is COC(=O)c1ncc(-c2ccccc2C)cc1I. The molecular weight excluding hydrogens is 341 g/mol. The number of ether oxygens (including phenoxy) is 1. The molecule has 2 aromatic rings. The summed E-state index contributed by atoms with van der Waals surface area (Å²) >= 11 is 2.10. The zero-order chi connectivity index (χ0) is 13.1. The van der Waals surface area contributed by atoms with Crippen molar-refractivity contribution in [2.75, 3.05) is 7.11 Å². The highest BCUT2D eigenvalue weighted by molar-refractivity contribution is 14.1. The summed E-state index contributed by atoms with van der Waals surface area (Å²) in [7, 11) is 1.36. The average Bonchev–Trinajstić information content (AvgIpc) is 2.38. The Hall–Kier alpha value is -1.43. The van der Waals surface area contributed by atoms with Gasteiger partial charge in [-0.2, -0.15) is 0 Å². The largest absolute Gasteiger partial charge is 0.464 e. The van der Waals surface area contributed by atoms with Crippen molar-refractivity contribution in [2.45, 2.75) is 6.92 Å². The van der Waals surface area contributed by atoms with E-state index in [1.165, 1.54) is 12.7 Å². The lowest BCUT2D eigenvalue weighted by molar-refractivity contribution is 0.0593. The predicted molar refractivity (Wildman–Crippen MR) is 78.5 cm³/mol. The summed E-state index contributed by atoms with van der Waals surface area (Å²) in [6.07, 6.45) is 1.71. The minimum Gasteiger partial charge on any atom is -0.464 e. The highest BCUT2D eigenvalue weighted by Gasteiger charge is 2.13. The van der Waals surface area contributed by atoms with E-state index in [-0.39, 0.29) is 0 Å². The highest BCUT2D eigenvalue weighted by Crippen LogP contribution is 2.25. The third kappa shape index (κ3) is 2.53. The van der Waals surface area contributed by atoms with Crippen LogP contribution in [-0.4, -0.2) is 18.1 Å². The number of halogens is 1. The van der Waals surface area contributed by atoms with Crippen LogP contribution in [0.1, 0.15) is 16.1 Å². The van der Waals surface area contributed by atoms with E-state index >= 15 is 0 Å². The van der Waals surface area contributed by atoms with Gasteiger partial charge in [-0.05, 0) is 46.7 Å². The van der Waals surface area contributed by atoms with Crippen LogP contribution in [0.25, 0.3) is 11.1 Å². The zero-order valence-corrected chi connectivity index (χ0v) is 12.3. The fraction of sp³-hybridized carbons (Fsp3) is 0.143. The van der Waals surface area contributed by atoms with Crippen LogP contribution < -0.4 is 0 Å². The van der Waals surface area contributed by atoms with E-state index < -0.39 is 5.97 Å². The average molecular weight is 353 g/mol. The fourth-order valence-corrected chi connectivity index (χ4v) is 2.42. The summed E-state index contributed by atoms with van der Waals surface area (Å²) < 4.78 is 5.47. The number of nitrogens with zero attached hydrogens (tertiary/aromatic N) is 1.